The zero-order valence-corrected chi connectivity index (χ0v) is 14.9. The molecule has 0 radical (unpaired) electrons. The van der Waals surface area contributed by atoms with Crippen LogP contribution in [-0.4, -0.2) is 24.7 Å². The lowest BCUT2D eigenvalue weighted by Crippen LogP contribution is -2.18. The summed E-state index contributed by atoms with van der Waals surface area (Å²) >= 11 is 1.64. The van der Waals surface area contributed by atoms with Crippen molar-refractivity contribution in [2.75, 3.05) is 29.1 Å². The fourth-order valence-electron chi connectivity index (χ4n) is 2.87. The van der Waals surface area contributed by atoms with Crippen LogP contribution in [0.3, 0.4) is 0 Å². The van der Waals surface area contributed by atoms with E-state index in [4.69, 9.17) is 0 Å². The van der Waals surface area contributed by atoms with E-state index in [1.807, 2.05) is 12.1 Å². The van der Waals surface area contributed by atoms with Gasteiger partial charge in [-0.2, -0.15) is 0 Å². The molecule has 1 N–H and O–H groups in total. The van der Waals surface area contributed by atoms with Crippen LogP contribution in [0.2, 0.25) is 0 Å². The summed E-state index contributed by atoms with van der Waals surface area (Å²) in [5.74, 6) is 1.39. The molecule has 1 heterocycles. The van der Waals surface area contributed by atoms with Crippen LogP contribution < -0.4 is 10.2 Å². The van der Waals surface area contributed by atoms with Crippen LogP contribution in [0.5, 0.6) is 0 Å². The molecule has 0 bridgehead atoms. The van der Waals surface area contributed by atoms with Crippen molar-refractivity contribution in [3.8, 4) is 0 Å². The van der Waals surface area contributed by atoms with Gasteiger partial charge in [0.05, 0.1) is 5.75 Å². The Morgan fingerprint density at radius 3 is 2.38 bits per heavy atom. The largest absolute Gasteiger partial charge is 0.372 e. The summed E-state index contributed by atoms with van der Waals surface area (Å²) in [6.07, 6.45) is 2.55. The minimum Gasteiger partial charge on any atom is -0.372 e. The number of nitrogens with zero attached hydrogens (tertiary/aromatic N) is 1. The van der Waals surface area contributed by atoms with E-state index in [1.54, 1.807) is 11.8 Å². The molecule has 4 heteroatoms. The molecular weight excluding hydrogens is 316 g/mol. The van der Waals surface area contributed by atoms with Gasteiger partial charge in [-0.05, 0) is 49.6 Å². The maximum Gasteiger partial charge on any atom is 0.234 e. The van der Waals surface area contributed by atoms with E-state index in [2.05, 4.69) is 53.5 Å². The Balaban J connectivity index is 1.43. The lowest BCUT2D eigenvalue weighted by atomic mass is 10.2. The highest BCUT2D eigenvalue weighted by Crippen LogP contribution is 2.22. The first-order valence-corrected chi connectivity index (χ1v) is 9.64. The van der Waals surface area contributed by atoms with Gasteiger partial charge in [-0.15, -0.1) is 11.8 Å². The fourth-order valence-corrected chi connectivity index (χ4v) is 3.66. The van der Waals surface area contributed by atoms with Gasteiger partial charge in [0.2, 0.25) is 5.91 Å². The second-order valence-electron chi connectivity index (χ2n) is 6.27. The number of carbonyl (C=O) groups is 1. The standard InChI is InChI=1S/C20H24N2OS/c1-16-4-6-17(7-5-16)14-24-15-20(23)21-18-8-10-19(11-9-18)22-12-2-3-13-22/h4-11H,2-3,12-15H2,1H3,(H,21,23). The first kappa shape index (κ1) is 16.9. The lowest BCUT2D eigenvalue weighted by molar-refractivity contribution is -0.113. The Kier molecular flexibility index (Phi) is 5.81. The Labute approximate surface area is 148 Å². The Hall–Kier alpha value is -1.94. The Morgan fingerprint density at radius 1 is 1.04 bits per heavy atom. The third-order valence-electron chi connectivity index (χ3n) is 4.24. The third-order valence-corrected chi connectivity index (χ3v) is 5.25. The molecule has 3 nitrogen and oxygen atoms in total. The van der Waals surface area contributed by atoms with Crippen molar-refractivity contribution in [1.82, 2.24) is 0 Å². The molecule has 2 aromatic carbocycles. The van der Waals surface area contributed by atoms with Gasteiger partial charge in [-0.25, -0.2) is 0 Å². The van der Waals surface area contributed by atoms with Crippen molar-refractivity contribution < 1.29 is 4.79 Å². The van der Waals surface area contributed by atoms with Crippen LogP contribution in [0.1, 0.15) is 24.0 Å². The van der Waals surface area contributed by atoms with E-state index < -0.39 is 0 Å². The third kappa shape index (κ3) is 4.78. The molecule has 1 fully saturated rings. The molecule has 3 rings (SSSR count). The highest BCUT2D eigenvalue weighted by molar-refractivity contribution is 7.99. The number of aryl methyl sites for hydroxylation is 1. The number of benzene rings is 2. The number of nitrogens with one attached hydrogen (secondary N) is 1. The lowest BCUT2D eigenvalue weighted by Gasteiger charge is -2.17. The molecule has 1 aliphatic rings. The van der Waals surface area contributed by atoms with Gasteiger partial charge in [0.1, 0.15) is 0 Å². The molecule has 1 aliphatic heterocycles. The first-order chi connectivity index (χ1) is 11.7. The van der Waals surface area contributed by atoms with E-state index in [0.29, 0.717) is 5.75 Å². The summed E-state index contributed by atoms with van der Waals surface area (Å²) in [7, 11) is 0. The van der Waals surface area contributed by atoms with Crippen LogP contribution in [0.4, 0.5) is 11.4 Å². The predicted octanol–water partition coefficient (Wildman–Crippen LogP) is 4.47. The molecule has 24 heavy (non-hydrogen) atoms. The van der Waals surface area contributed by atoms with Crippen molar-refractivity contribution >= 4 is 29.0 Å². The molecule has 126 valence electrons. The van der Waals surface area contributed by atoms with Crippen molar-refractivity contribution in [3.05, 3.63) is 59.7 Å². The maximum atomic E-state index is 12.1. The monoisotopic (exact) mass is 340 g/mol. The number of rotatable bonds is 6. The van der Waals surface area contributed by atoms with Crippen molar-refractivity contribution in [2.45, 2.75) is 25.5 Å². The quantitative estimate of drug-likeness (QED) is 0.842. The molecular formula is C20H24N2OS. The van der Waals surface area contributed by atoms with Gasteiger partial charge in [0.15, 0.2) is 0 Å². The van der Waals surface area contributed by atoms with Gasteiger partial charge in [0.25, 0.3) is 0 Å². The summed E-state index contributed by atoms with van der Waals surface area (Å²) < 4.78 is 0. The SMILES string of the molecule is Cc1ccc(CSCC(=O)Nc2ccc(N3CCCC3)cc2)cc1. The van der Waals surface area contributed by atoms with Crippen LogP contribution in [0.15, 0.2) is 48.5 Å². The molecule has 0 aliphatic carbocycles. The number of hydrogen-bond donors (Lipinski definition) is 1. The smallest absolute Gasteiger partial charge is 0.234 e. The molecule has 0 saturated carbocycles. The van der Waals surface area contributed by atoms with Crippen molar-refractivity contribution in [3.63, 3.8) is 0 Å². The fraction of sp³-hybridized carbons (Fsp3) is 0.350. The molecule has 0 aromatic heterocycles. The van der Waals surface area contributed by atoms with E-state index >= 15 is 0 Å². The zero-order valence-electron chi connectivity index (χ0n) is 14.1. The van der Waals surface area contributed by atoms with E-state index in [-0.39, 0.29) is 5.91 Å². The highest BCUT2D eigenvalue weighted by atomic mass is 32.2. The van der Waals surface area contributed by atoms with Gasteiger partial charge in [-0.3, -0.25) is 4.79 Å². The maximum absolute atomic E-state index is 12.1. The van der Waals surface area contributed by atoms with Crippen LogP contribution in [0, 0.1) is 6.92 Å². The van der Waals surface area contributed by atoms with Crippen LogP contribution in [0.25, 0.3) is 0 Å². The minimum absolute atomic E-state index is 0.0565. The Bertz CT molecular complexity index is 661. The summed E-state index contributed by atoms with van der Waals surface area (Å²) in [5, 5.41) is 2.98. The average molecular weight is 340 g/mol. The second-order valence-corrected chi connectivity index (χ2v) is 7.25. The van der Waals surface area contributed by atoms with Gasteiger partial charge < -0.3 is 10.2 Å². The normalized spacial score (nSPS) is 14.0. The van der Waals surface area contributed by atoms with Crippen molar-refractivity contribution in [2.24, 2.45) is 0 Å². The average Bonchev–Trinajstić information content (AvgIpc) is 3.12. The molecule has 1 saturated heterocycles. The minimum atomic E-state index is 0.0565. The predicted molar refractivity (Wildman–Crippen MR) is 104 cm³/mol. The summed E-state index contributed by atoms with van der Waals surface area (Å²) in [4.78, 5) is 14.4. The Morgan fingerprint density at radius 2 is 1.71 bits per heavy atom. The number of amides is 1. The zero-order chi connectivity index (χ0) is 16.8. The van der Waals surface area contributed by atoms with Gasteiger partial charge in [0, 0.05) is 30.2 Å². The number of thioether (sulfide) groups is 1. The van der Waals surface area contributed by atoms with Crippen LogP contribution >= 0.6 is 11.8 Å². The van der Waals surface area contributed by atoms with E-state index in [0.717, 1.165) is 24.5 Å². The summed E-state index contributed by atoms with van der Waals surface area (Å²) in [6, 6.07) is 16.7. The number of hydrogen-bond acceptors (Lipinski definition) is 3. The molecule has 0 unspecified atom stereocenters. The molecule has 2 aromatic rings. The number of anilines is 2. The molecule has 0 spiro atoms. The van der Waals surface area contributed by atoms with E-state index in [1.165, 1.54) is 29.7 Å². The molecule has 1 amide bonds. The van der Waals surface area contributed by atoms with Gasteiger partial charge >= 0.3 is 0 Å². The highest BCUT2D eigenvalue weighted by Gasteiger charge is 2.12. The number of carbonyl (C=O) groups excluding carboxylic acids is 1. The first-order valence-electron chi connectivity index (χ1n) is 8.49. The van der Waals surface area contributed by atoms with E-state index in [9.17, 15) is 4.79 Å². The topological polar surface area (TPSA) is 32.3 Å². The second kappa shape index (κ2) is 8.25. The van der Waals surface area contributed by atoms with Crippen LogP contribution in [-0.2, 0) is 10.5 Å². The van der Waals surface area contributed by atoms with Gasteiger partial charge in [-0.1, -0.05) is 29.8 Å². The molecule has 0 atom stereocenters. The summed E-state index contributed by atoms with van der Waals surface area (Å²) in [6.45, 7) is 4.36. The summed E-state index contributed by atoms with van der Waals surface area (Å²) in [5.41, 5.74) is 4.64. The van der Waals surface area contributed by atoms with Crippen molar-refractivity contribution in [1.29, 1.82) is 0 Å².